The van der Waals surface area contributed by atoms with E-state index in [0.29, 0.717) is 5.56 Å². The third-order valence-electron chi connectivity index (χ3n) is 1.37. The molecule has 4 heteroatoms. The fourth-order valence-corrected chi connectivity index (χ4v) is 1.57. The molecule has 0 atom stereocenters. The van der Waals surface area contributed by atoms with Crippen LogP contribution in [0.4, 0.5) is 0 Å². The third-order valence-corrected chi connectivity index (χ3v) is 2.39. The summed E-state index contributed by atoms with van der Waals surface area (Å²) in [4.78, 5) is -0.0278. The average molecular weight is 214 g/mol. The molecule has 78 valence electrons. The van der Waals surface area contributed by atoms with Crippen molar-refractivity contribution in [3.05, 3.63) is 42.5 Å². The summed E-state index contributed by atoms with van der Waals surface area (Å²) in [7, 11) is -4.03. The van der Waals surface area contributed by atoms with Crippen LogP contribution in [0.3, 0.4) is 0 Å². The third kappa shape index (κ3) is 4.20. The van der Waals surface area contributed by atoms with Crippen molar-refractivity contribution in [1.29, 1.82) is 0 Å². The van der Waals surface area contributed by atoms with Gasteiger partial charge < -0.3 is 0 Å². The standard InChI is InChI=1S/C7H8O3S.C3H6/c1-6-4-2-3-5-7(6)11(8,9)10;1-3-2/h2-5H,1H3,(H,8,9,10);3H,1H2,2H3. The van der Waals surface area contributed by atoms with Crippen LogP contribution in [0, 0.1) is 6.92 Å². The summed E-state index contributed by atoms with van der Waals surface area (Å²) in [5.74, 6) is 0. The van der Waals surface area contributed by atoms with E-state index >= 15 is 0 Å². The van der Waals surface area contributed by atoms with Crippen molar-refractivity contribution in [2.24, 2.45) is 0 Å². The zero-order valence-corrected chi connectivity index (χ0v) is 9.08. The molecule has 0 amide bonds. The molecule has 0 bridgehead atoms. The van der Waals surface area contributed by atoms with Gasteiger partial charge in [-0.25, -0.2) is 0 Å². The van der Waals surface area contributed by atoms with Crippen molar-refractivity contribution in [3.63, 3.8) is 0 Å². The van der Waals surface area contributed by atoms with E-state index in [9.17, 15) is 8.42 Å². The molecule has 0 heterocycles. The predicted octanol–water partition coefficient (Wildman–Crippen LogP) is 2.43. The van der Waals surface area contributed by atoms with Gasteiger partial charge in [-0.1, -0.05) is 24.3 Å². The topological polar surface area (TPSA) is 54.4 Å². The van der Waals surface area contributed by atoms with E-state index in [4.69, 9.17) is 4.55 Å². The number of benzene rings is 1. The Bertz CT molecular complexity index is 394. The first-order chi connectivity index (χ1) is 6.43. The minimum absolute atomic E-state index is 0.0278. The minimum atomic E-state index is -4.03. The van der Waals surface area contributed by atoms with Gasteiger partial charge in [0.1, 0.15) is 0 Å². The van der Waals surface area contributed by atoms with Crippen molar-refractivity contribution in [2.75, 3.05) is 0 Å². The minimum Gasteiger partial charge on any atom is -0.282 e. The van der Waals surface area contributed by atoms with E-state index in [2.05, 4.69) is 6.58 Å². The molecule has 14 heavy (non-hydrogen) atoms. The monoisotopic (exact) mass is 214 g/mol. The zero-order valence-electron chi connectivity index (χ0n) is 8.27. The lowest BCUT2D eigenvalue weighted by Gasteiger charge is -1.99. The summed E-state index contributed by atoms with van der Waals surface area (Å²) in [6.45, 7) is 6.88. The van der Waals surface area contributed by atoms with E-state index in [1.807, 2.05) is 6.92 Å². The Morgan fingerprint density at radius 1 is 1.36 bits per heavy atom. The molecule has 0 saturated heterocycles. The van der Waals surface area contributed by atoms with Crippen LogP contribution in [-0.4, -0.2) is 13.0 Å². The molecule has 0 aliphatic heterocycles. The molecule has 0 aliphatic carbocycles. The van der Waals surface area contributed by atoms with Crippen LogP contribution in [0.5, 0.6) is 0 Å². The quantitative estimate of drug-likeness (QED) is 0.577. The molecule has 0 saturated carbocycles. The van der Waals surface area contributed by atoms with Gasteiger partial charge in [0.05, 0.1) is 4.90 Å². The average Bonchev–Trinajstić information content (AvgIpc) is 2.04. The number of hydrogen-bond donors (Lipinski definition) is 1. The highest BCUT2D eigenvalue weighted by molar-refractivity contribution is 7.85. The summed E-state index contributed by atoms with van der Waals surface area (Å²) < 4.78 is 29.9. The van der Waals surface area contributed by atoms with Crippen LogP contribution < -0.4 is 0 Å². The number of rotatable bonds is 1. The summed E-state index contributed by atoms with van der Waals surface area (Å²) in [6.07, 6.45) is 1.75. The second-order valence-electron chi connectivity index (χ2n) is 2.65. The van der Waals surface area contributed by atoms with Crippen LogP contribution in [-0.2, 0) is 10.1 Å². The second-order valence-corrected chi connectivity index (χ2v) is 4.04. The smallest absolute Gasteiger partial charge is 0.282 e. The molecule has 0 radical (unpaired) electrons. The molecular weight excluding hydrogens is 200 g/mol. The highest BCUT2D eigenvalue weighted by Crippen LogP contribution is 2.12. The van der Waals surface area contributed by atoms with E-state index in [-0.39, 0.29) is 4.90 Å². The Morgan fingerprint density at radius 3 is 2.07 bits per heavy atom. The Balaban J connectivity index is 0.000000500. The predicted molar refractivity (Wildman–Crippen MR) is 56.9 cm³/mol. The number of hydrogen-bond acceptors (Lipinski definition) is 2. The first-order valence-electron chi connectivity index (χ1n) is 4.03. The zero-order chi connectivity index (χ0) is 11.2. The maximum atomic E-state index is 10.6. The van der Waals surface area contributed by atoms with Gasteiger partial charge in [0.25, 0.3) is 10.1 Å². The lowest BCUT2D eigenvalue weighted by atomic mass is 10.2. The van der Waals surface area contributed by atoms with E-state index in [1.54, 1.807) is 31.2 Å². The maximum absolute atomic E-state index is 10.6. The van der Waals surface area contributed by atoms with Gasteiger partial charge >= 0.3 is 0 Å². The normalized spacial score (nSPS) is 9.93. The van der Waals surface area contributed by atoms with E-state index in [0.717, 1.165) is 0 Å². The first kappa shape index (κ1) is 12.9. The van der Waals surface area contributed by atoms with Gasteiger partial charge in [0.2, 0.25) is 0 Å². The summed E-state index contributed by atoms with van der Waals surface area (Å²) in [6, 6.07) is 6.27. The molecule has 0 unspecified atom stereocenters. The number of aryl methyl sites for hydroxylation is 1. The van der Waals surface area contributed by atoms with Crippen LogP contribution in [0.1, 0.15) is 12.5 Å². The fourth-order valence-electron chi connectivity index (χ4n) is 0.846. The van der Waals surface area contributed by atoms with Gasteiger partial charge in [-0.15, -0.1) is 6.58 Å². The van der Waals surface area contributed by atoms with Crippen molar-refractivity contribution >= 4 is 10.1 Å². The van der Waals surface area contributed by atoms with E-state index in [1.165, 1.54) is 6.07 Å². The van der Waals surface area contributed by atoms with Gasteiger partial charge in [0.15, 0.2) is 0 Å². The van der Waals surface area contributed by atoms with Gasteiger partial charge in [-0.3, -0.25) is 4.55 Å². The van der Waals surface area contributed by atoms with Crippen molar-refractivity contribution < 1.29 is 13.0 Å². The maximum Gasteiger partial charge on any atom is 0.294 e. The van der Waals surface area contributed by atoms with Crippen molar-refractivity contribution in [1.82, 2.24) is 0 Å². The molecule has 1 N–H and O–H groups in total. The molecule has 1 rings (SSSR count). The molecule has 3 nitrogen and oxygen atoms in total. The van der Waals surface area contributed by atoms with Gasteiger partial charge in [0, 0.05) is 0 Å². The first-order valence-corrected chi connectivity index (χ1v) is 5.47. The van der Waals surface area contributed by atoms with Gasteiger partial charge in [-0.05, 0) is 25.5 Å². The van der Waals surface area contributed by atoms with Crippen molar-refractivity contribution in [3.8, 4) is 0 Å². The highest BCUT2D eigenvalue weighted by atomic mass is 32.2. The molecule has 0 fully saturated rings. The molecular formula is C10H14O3S. The van der Waals surface area contributed by atoms with Crippen LogP contribution in [0.15, 0.2) is 41.8 Å². The Kier molecular flexibility index (Phi) is 5.12. The summed E-state index contributed by atoms with van der Waals surface area (Å²) in [5, 5.41) is 0. The van der Waals surface area contributed by atoms with Crippen LogP contribution >= 0.6 is 0 Å². The molecule has 0 aliphatic rings. The van der Waals surface area contributed by atoms with Crippen LogP contribution in [0.2, 0.25) is 0 Å². The molecule has 1 aromatic carbocycles. The van der Waals surface area contributed by atoms with Gasteiger partial charge in [-0.2, -0.15) is 8.42 Å². The number of allylic oxidation sites excluding steroid dienone is 1. The lowest BCUT2D eigenvalue weighted by molar-refractivity contribution is 0.482. The summed E-state index contributed by atoms with van der Waals surface area (Å²) in [5.41, 5.74) is 0.551. The Labute approximate surface area is 84.8 Å². The Hall–Kier alpha value is -1.13. The largest absolute Gasteiger partial charge is 0.294 e. The summed E-state index contributed by atoms with van der Waals surface area (Å²) >= 11 is 0. The van der Waals surface area contributed by atoms with Crippen molar-refractivity contribution in [2.45, 2.75) is 18.7 Å². The Morgan fingerprint density at radius 2 is 1.79 bits per heavy atom. The molecule has 1 aromatic rings. The highest BCUT2D eigenvalue weighted by Gasteiger charge is 2.10. The van der Waals surface area contributed by atoms with E-state index < -0.39 is 10.1 Å². The molecule has 0 spiro atoms. The molecule has 0 aromatic heterocycles. The SMILES string of the molecule is C=CC.Cc1ccccc1S(=O)(=O)O. The lowest BCUT2D eigenvalue weighted by Crippen LogP contribution is -1.99. The second kappa shape index (κ2) is 5.57. The van der Waals surface area contributed by atoms with Crippen LogP contribution in [0.25, 0.3) is 0 Å². The fraction of sp³-hybridized carbons (Fsp3) is 0.200.